The van der Waals surface area contributed by atoms with E-state index >= 15 is 0 Å². The van der Waals surface area contributed by atoms with Crippen LogP contribution in [0.25, 0.3) is 11.0 Å². The third-order valence-electron chi connectivity index (χ3n) is 5.21. The number of hydrogen-bond acceptors (Lipinski definition) is 3. The maximum atomic E-state index is 4.70. The smallest absolute Gasteiger partial charge is 0.140 e. The highest BCUT2D eigenvalue weighted by atomic mass is 15.6. The van der Waals surface area contributed by atoms with Gasteiger partial charge in [0.25, 0.3) is 0 Å². The number of aromatic nitrogens is 2. The molecule has 0 amide bonds. The molecule has 1 aliphatic heterocycles. The number of rotatable bonds is 4. The number of fused-ring (bicyclic) bond motifs is 3. The summed E-state index contributed by atoms with van der Waals surface area (Å²) in [5.74, 6) is 0.618. The molecule has 0 fully saturated rings. The molecule has 3 rings (SSSR count). The summed E-state index contributed by atoms with van der Waals surface area (Å²) in [5, 5.41) is 6.11. The van der Waals surface area contributed by atoms with E-state index in [-0.39, 0.29) is 0 Å². The van der Waals surface area contributed by atoms with E-state index in [1.807, 2.05) is 6.20 Å². The molecule has 2 unspecified atom stereocenters. The van der Waals surface area contributed by atoms with Crippen molar-refractivity contribution in [1.29, 1.82) is 0 Å². The van der Waals surface area contributed by atoms with Gasteiger partial charge < -0.3 is 4.57 Å². The van der Waals surface area contributed by atoms with Gasteiger partial charge in [-0.15, -0.1) is 0 Å². The first-order valence-electron chi connectivity index (χ1n) is 8.49. The molecule has 120 valence electrons. The molecule has 4 heteroatoms. The van der Waals surface area contributed by atoms with Crippen LogP contribution in [0.1, 0.15) is 50.9 Å². The van der Waals surface area contributed by atoms with Crippen molar-refractivity contribution in [1.82, 2.24) is 19.6 Å². The molecule has 0 aromatic carbocycles. The lowest BCUT2D eigenvalue weighted by Gasteiger charge is -2.43. The Balaban J connectivity index is 2.27. The van der Waals surface area contributed by atoms with E-state index in [1.165, 1.54) is 23.1 Å². The summed E-state index contributed by atoms with van der Waals surface area (Å²) in [6.45, 7) is 8.91. The van der Waals surface area contributed by atoms with Gasteiger partial charge in [-0.05, 0) is 24.5 Å². The highest BCUT2D eigenvalue weighted by Gasteiger charge is 2.36. The second-order valence-corrected chi connectivity index (χ2v) is 6.61. The zero-order valence-corrected chi connectivity index (χ0v) is 14.5. The van der Waals surface area contributed by atoms with Gasteiger partial charge in [-0.2, -0.15) is 0 Å². The van der Waals surface area contributed by atoms with Gasteiger partial charge >= 0.3 is 0 Å². The Kier molecular flexibility index (Phi) is 4.24. The molecule has 0 saturated carbocycles. The topological polar surface area (TPSA) is 24.3 Å². The minimum absolute atomic E-state index is 0.434. The van der Waals surface area contributed by atoms with Gasteiger partial charge in [0.05, 0.1) is 12.6 Å². The Morgan fingerprint density at radius 3 is 2.77 bits per heavy atom. The fraction of sp³-hybridized carbons (Fsp3) is 0.611. The van der Waals surface area contributed by atoms with E-state index in [4.69, 9.17) is 4.98 Å². The Bertz CT molecular complexity index is 660. The number of hydrogen-bond donors (Lipinski definition) is 0. The maximum Gasteiger partial charge on any atom is 0.140 e. The largest absolute Gasteiger partial charge is 0.328 e. The van der Waals surface area contributed by atoms with E-state index in [1.54, 1.807) is 0 Å². The van der Waals surface area contributed by atoms with Crippen LogP contribution in [0, 0.1) is 5.92 Å². The van der Waals surface area contributed by atoms with Crippen molar-refractivity contribution in [3.05, 3.63) is 29.6 Å². The second-order valence-electron chi connectivity index (χ2n) is 6.61. The van der Waals surface area contributed by atoms with Gasteiger partial charge in [-0.3, -0.25) is 0 Å². The third-order valence-corrected chi connectivity index (χ3v) is 5.21. The number of nitrogens with zero attached hydrogens (tertiary/aromatic N) is 4. The quantitative estimate of drug-likeness (QED) is 0.858. The average Bonchev–Trinajstić information content (AvgIpc) is 2.82. The van der Waals surface area contributed by atoms with Crippen molar-refractivity contribution in [2.45, 2.75) is 52.7 Å². The van der Waals surface area contributed by atoms with Gasteiger partial charge in [0.15, 0.2) is 0 Å². The van der Waals surface area contributed by atoms with Crippen molar-refractivity contribution in [3.63, 3.8) is 0 Å². The molecule has 4 nitrogen and oxygen atoms in total. The third kappa shape index (κ3) is 2.25. The number of aryl methyl sites for hydroxylation is 1. The van der Waals surface area contributed by atoms with E-state index < -0.39 is 0 Å². The van der Waals surface area contributed by atoms with Gasteiger partial charge in [0.2, 0.25) is 0 Å². The standard InChI is InChI=1S/C18H28N4/c1-6-11-22-15-12-20(4)21(5)17(13(3)7-2)16(15)14-9-8-10-19-18(14)22/h8-10,13,17H,6-7,11-12H2,1-5H3. The molecule has 3 heterocycles. The zero-order valence-electron chi connectivity index (χ0n) is 14.5. The summed E-state index contributed by atoms with van der Waals surface area (Å²) in [5.41, 5.74) is 4.12. The van der Waals surface area contributed by atoms with Gasteiger partial charge in [0, 0.05) is 43.5 Å². The summed E-state index contributed by atoms with van der Waals surface area (Å²) in [6, 6.07) is 4.76. The summed E-state index contributed by atoms with van der Waals surface area (Å²) in [6.07, 6.45) is 4.25. The molecule has 2 aromatic heterocycles. The van der Waals surface area contributed by atoms with E-state index in [0.29, 0.717) is 12.0 Å². The van der Waals surface area contributed by atoms with Crippen molar-refractivity contribution in [2.24, 2.45) is 5.92 Å². The lowest BCUT2D eigenvalue weighted by Crippen LogP contribution is -2.45. The molecule has 0 bridgehead atoms. The minimum atomic E-state index is 0.434. The second kappa shape index (κ2) is 6.01. The predicted octanol–water partition coefficient (Wildman–Crippen LogP) is 3.83. The molecule has 0 N–H and O–H groups in total. The SMILES string of the molecule is CCCn1c2c(c3cccnc31)C(C(C)CC)N(C)N(C)C2. The molecule has 0 aliphatic carbocycles. The lowest BCUT2D eigenvalue weighted by molar-refractivity contribution is -0.0569. The molecule has 1 aliphatic rings. The zero-order chi connectivity index (χ0) is 15.9. The van der Waals surface area contributed by atoms with Gasteiger partial charge in [-0.25, -0.2) is 15.0 Å². The summed E-state index contributed by atoms with van der Waals surface area (Å²) in [4.78, 5) is 4.70. The van der Waals surface area contributed by atoms with Crippen LogP contribution in [0.3, 0.4) is 0 Å². The molecule has 2 aromatic rings. The Labute approximate surface area is 133 Å². The summed E-state index contributed by atoms with van der Waals surface area (Å²) in [7, 11) is 4.42. The van der Waals surface area contributed by atoms with Gasteiger partial charge in [0.1, 0.15) is 5.65 Å². The van der Waals surface area contributed by atoms with Crippen LogP contribution in [0.4, 0.5) is 0 Å². The Morgan fingerprint density at radius 1 is 1.32 bits per heavy atom. The molecule has 0 radical (unpaired) electrons. The summed E-state index contributed by atoms with van der Waals surface area (Å²) >= 11 is 0. The monoisotopic (exact) mass is 300 g/mol. The molecule has 0 spiro atoms. The maximum absolute atomic E-state index is 4.70. The fourth-order valence-corrected chi connectivity index (χ4v) is 3.82. The minimum Gasteiger partial charge on any atom is -0.328 e. The van der Waals surface area contributed by atoms with Crippen molar-refractivity contribution >= 4 is 11.0 Å². The number of hydrazine groups is 1. The molecular weight excluding hydrogens is 272 g/mol. The fourth-order valence-electron chi connectivity index (χ4n) is 3.82. The average molecular weight is 300 g/mol. The van der Waals surface area contributed by atoms with Crippen LogP contribution < -0.4 is 0 Å². The first-order chi connectivity index (χ1) is 10.6. The summed E-state index contributed by atoms with van der Waals surface area (Å²) < 4.78 is 2.45. The first kappa shape index (κ1) is 15.5. The van der Waals surface area contributed by atoms with Crippen LogP contribution >= 0.6 is 0 Å². The van der Waals surface area contributed by atoms with Crippen LogP contribution in [0.15, 0.2) is 18.3 Å². The molecule has 2 atom stereocenters. The lowest BCUT2D eigenvalue weighted by atomic mass is 9.89. The Hall–Kier alpha value is -1.39. The number of pyridine rings is 1. The van der Waals surface area contributed by atoms with Crippen LogP contribution in [0.5, 0.6) is 0 Å². The van der Waals surface area contributed by atoms with E-state index in [9.17, 15) is 0 Å². The first-order valence-corrected chi connectivity index (χ1v) is 8.49. The normalized spacial score (nSPS) is 21.2. The van der Waals surface area contributed by atoms with Crippen molar-refractivity contribution in [3.8, 4) is 0 Å². The molecule has 0 saturated heterocycles. The highest BCUT2D eigenvalue weighted by molar-refractivity contribution is 5.83. The predicted molar refractivity (Wildman–Crippen MR) is 91.5 cm³/mol. The van der Waals surface area contributed by atoms with Crippen LogP contribution in [0.2, 0.25) is 0 Å². The molecular formula is C18H28N4. The highest BCUT2D eigenvalue weighted by Crippen LogP contribution is 2.42. The van der Waals surface area contributed by atoms with E-state index in [2.05, 4.69) is 61.6 Å². The van der Waals surface area contributed by atoms with Gasteiger partial charge in [-0.1, -0.05) is 27.2 Å². The Morgan fingerprint density at radius 2 is 2.09 bits per heavy atom. The van der Waals surface area contributed by atoms with Crippen molar-refractivity contribution in [2.75, 3.05) is 14.1 Å². The van der Waals surface area contributed by atoms with Crippen LogP contribution in [-0.2, 0) is 13.1 Å². The van der Waals surface area contributed by atoms with E-state index in [0.717, 1.165) is 25.2 Å². The van der Waals surface area contributed by atoms with Crippen LogP contribution in [-0.4, -0.2) is 33.7 Å². The van der Waals surface area contributed by atoms with Crippen molar-refractivity contribution < 1.29 is 0 Å². The molecule has 22 heavy (non-hydrogen) atoms.